The van der Waals surface area contributed by atoms with Gasteiger partial charge in [-0.3, -0.25) is 19.2 Å². The molecule has 0 aliphatic carbocycles. The SMILES string of the molecule is Cc1ncsc1-c1ccc(-c2cnc([C@@H]3C[C@@H](O)CN3C(=O)[C@@H](NC(=O)CN3CCN(CC4CCN(c5ccc(-c6cnc7[nH]cc(-c8c(F)ccc(NS(=O)(=O)N9CC[C@@H](F)C9)c8F)c7c6)cc5)CC4)CC3)C(C)(C)C)[nH]2)cc1. The molecule has 0 saturated carbocycles. The summed E-state index contributed by atoms with van der Waals surface area (Å²) in [4.78, 5) is 58.0. The van der Waals surface area contributed by atoms with Crippen LogP contribution in [0.15, 0.2) is 90.8 Å². The van der Waals surface area contributed by atoms with Gasteiger partial charge in [0.05, 0.1) is 57.9 Å². The quantitative estimate of drug-likeness (QED) is 0.0661. The Morgan fingerprint density at radius 3 is 2.25 bits per heavy atom. The summed E-state index contributed by atoms with van der Waals surface area (Å²) in [6, 6.07) is 18.9. The number of aryl methyl sites for hydroxylation is 1. The lowest BCUT2D eigenvalue weighted by Gasteiger charge is -2.39. The van der Waals surface area contributed by atoms with Gasteiger partial charge in [-0.25, -0.2) is 28.1 Å². The van der Waals surface area contributed by atoms with Gasteiger partial charge in [-0.05, 0) is 84.5 Å². The number of alkyl halides is 1. The lowest BCUT2D eigenvalue weighted by Crippen LogP contribution is -2.57. The van der Waals surface area contributed by atoms with Gasteiger partial charge in [0, 0.05) is 106 Å². The highest BCUT2D eigenvalue weighted by Crippen LogP contribution is 2.39. The Labute approximate surface area is 467 Å². The van der Waals surface area contributed by atoms with E-state index in [-0.39, 0.29) is 50.0 Å². The molecule has 0 radical (unpaired) electrons. The van der Waals surface area contributed by atoms with E-state index < -0.39 is 62.9 Å². The average molecular weight is 1130 g/mol. The van der Waals surface area contributed by atoms with Crippen LogP contribution in [0.3, 0.4) is 0 Å². The highest BCUT2D eigenvalue weighted by Gasteiger charge is 2.44. The van der Waals surface area contributed by atoms with Crippen LogP contribution in [-0.2, 0) is 19.8 Å². The number of anilines is 2. The number of thiazole rings is 1. The van der Waals surface area contributed by atoms with E-state index >= 15 is 8.78 Å². The molecule has 17 nitrogen and oxygen atoms in total. The number of carbonyl (C=O) groups is 2. The molecule has 0 spiro atoms. The van der Waals surface area contributed by atoms with E-state index in [9.17, 15) is 27.5 Å². The average Bonchev–Trinajstić information content (AvgIpc) is 4.39. The molecular weight excluding hydrogens is 1070 g/mol. The third kappa shape index (κ3) is 11.7. The van der Waals surface area contributed by atoms with E-state index in [1.165, 1.54) is 6.20 Å². The van der Waals surface area contributed by atoms with Crippen molar-refractivity contribution in [1.29, 1.82) is 0 Å². The Morgan fingerprint density at radius 2 is 1.56 bits per heavy atom. The van der Waals surface area contributed by atoms with E-state index in [0.717, 1.165) is 119 Å². The molecule has 4 fully saturated rings. The number of piperidine rings is 1. The molecule has 4 atom stereocenters. The van der Waals surface area contributed by atoms with Crippen LogP contribution in [0, 0.1) is 29.9 Å². The number of halogens is 3. The molecule has 8 heterocycles. The number of rotatable bonds is 15. The zero-order chi connectivity index (χ0) is 56.0. The number of β-amino-alcohol motifs (C(OH)–C–C–N with tert-alkyl or cyclic N) is 1. The van der Waals surface area contributed by atoms with Crippen LogP contribution in [0.25, 0.3) is 55.0 Å². The lowest BCUT2D eigenvalue weighted by atomic mass is 9.85. The number of pyridine rings is 1. The summed E-state index contributed by atoms with van der Waals surface area (Å²) in [5.41, 5.74) is 7.50. The maximum Gasteiger partial charge on any atom is 0.301 e. The van der Waals surface area contributed by atoms with E-state index in [1.807, 2.05) is 57.5 Å². The number of piperazine rings is 1. The zero-order valence-corrected chi connectivity index (χ0v) is 46.9. The number of aliphatic hydroxyl groups is 1. The Kier molecular flexibility index (Phi) is 15.7. The van der Waals surface area contributed by atoms with Crippen molar-refractivity contribution < 1.29 is 36.3 Å². The third-order valence-electron chi connectivity index (χ3n) is 16.2. The Bertz CT molecular complexity index is 3480. The molecule has 3 aromatic carbocycles. The molecule has 4 aliphatic rings. The fourth-order valence-electron chi connectivity index (χ4n) is 11.7. The molecule has 0 unspecified atom stereocenters. The van der Waals surface area contributed by atoms with Gasteiger partial charge >= 0.3 is 10.2 Å². The number of nitrogens with zero attached hydrogens (tertiary/aromatic N) is 8. The van der Waals surface area contributed by atoms with Gasteiger partial charge < -0.3 is 35.1 Å². The normalized spacial score (nSPS) is 20.5. The number of H-pyrrole nitrogens is 2. The van der Waals surface area contributed by atoms with Gasteiger partial charge in [-0.1, -0.05) is 57.2 Å². The summed E-state index contributed by atoms with van der Waals surface area (Å²) in [6.07, 6.45) is 5.32. The molecule has 4 saturated heterocycles. The molecule has 22 heteroatoms. The summed E-state index contributed by atoms with van der Waals surface area (Å²) >= 11 is 1.61. The number of aromatic amines is 2. The minimum Gasteiger partial charge on any atom is -0.391 e. The summed E-state index contributed by atoms with van der Waals surface area (Å²) in [5, 5.41) is 14.4. The summed E-state index contributed by atoms with van der Waals surface area (Å²) < 4.78 is 74.2. The van der Waals surface area contributed by atoms with Crippen LogP contribution in [0.2, 0.25) is 0 Å². The molecule has 7 aromatic rings. The minimum atomic E-state index is -4.27. The maximum atomic E-state index is 16.0. The van der Waals surface area contributed by atoms with Crippen molar-refractivity contribution in [1.82, 2.24) is 49.2 Å². The number of fused-ring (bicyclic) bond motifs is 1. The highest BCUT2D eigenvalue weighted by atomic mass is 32.2. The molecular formula is C58H67F3N12O5S2. The first-order valence-corrected chi connectivity index (χ1v) is 29.7. The molecule has 2 amide bonds. The zero-order valence-electron chi connectivity index (χ0n) is 45.3. The largest absolute Gasteiger partial charge is 0.391 e. The van der Waals surface area contributed by atoms with Crippen molar-refractivity contribution in [2.45, 2.75) is 77.7 Å². The van der Waals surface area contributed by atoms with Gasteiger partial charge in [0.2, 0.25) is 11.8 Å². The molecule has 4 aromatic heterocycles. The molecule has 0 bridgehead atoms. The predicted molar refractivity (Wildman–Crippen MR) is 305 cm³/mol. The summed E-state index contributed by atoms with van der Waals surface area (Å²) in [6.45, 7) is 13.7. The fourth-order valence-corrected chi connectivity index (χ4v) is 13.7. The second kappa shape index (κ2) is 22.7. The van der Waals surface area contributed by atoms with Gasteiger partial charge in [0.25, 0.3) is 0 Å². The second-order valence-electron chi connectivity index (χ2n) is 22.8. The van der Waals surface area contributed by atoms with Crippen molar-refractivity contribution >= 4 is 55.8 Å². The minimum absolute atomic E-state index is 0.0410. The Morgan fingerprint density at radius 1 is 0.850 bits per heavy atom. The number of aromatic nitrogens is 5. The topological polar surface area (TPSA) is 199 Å². The predicted octanol–water partition coefficient (Wildman–Crippen LogP) is 8.40. The van der Waals surface area contributed by atoms with Crippen LogP contribution in [0.5, 0.6) is 0 Å². The first-order chi connectivity index (χ1) is 38.3. The fraction of sp³-hybridized carbons (Fsp3) is 0.431. The Hall–Kier alpha value is -6.69. The number of hydrogen-bond acceptors (Lipinski definition) is 12. The van der Waals surface area contributed by atoms with Crippen molar-refractivity contribution in [3.63, 3.8) is 0 Å². The lowest BCUT2D eigenvalue weighted by molar-refractivity contribution is -0.141. The molecule has 5 N–H and O–H groups in total. The van der Waals surface area contributed by atoms with Gasteiger partial charge in [0.15, 0.2) is 5.82 Å². The van der Waals surface area contributed by atoms with Crippen molar-refractivity contribution in [2.75, 3.05) is 81.6 Å². The number of nitrogens with one attached hydrogen (secondary N) is 4. The van der Waals surface area contributed by atoms with Crippen LogP contribution < -0.4 is 14.9 Å². The number of imidazole rings is 1. The number of aliphatic hydroxyl groups excluding tert-OH is 1. The number of amides is 2. The van der Waals surface area contributed by atoms with Crippen LogP contribution in [0.1, 0.15) is 64.0 Å². The standard InChI is InChI=1S/C58H67F3N12O5S2/c1-35-53(79-34-65-35)39-7-5-38(6-8-39)48-29-64-56(66-48)49-26-43(74)32-73(49)57(76)54(58(2,3)4)67-50(75)33-70-23-21-69(22-24-70)30-36-15-18-71(19-16-36)42-11-9-37(10-12-42)40-25-44-45(28-63-55(44)62-27-40)51-46(60)13-14-47(52(51)61)68-80(77,78)72-20-17-41(59)31-72/h5-14,25,27-29,34,36,41,43,49,54,68,74H,15-24,26,30-33H2,1-4H3,(H,62,63)(H,64,66)(H,67,75)/t41-,43-,49+,54-/m1/s1. The first-order valence-electron chi connectivity index (χ1n) is 27.4. The van der Waals surface area contributed by atoms with E-state index in [4.69, 9.17) is 0 Å². The molecule has 80 heavy (non-hydrogen) atoms. The number of likely N-dealkylation sites (tertiary alicyclic amines) is 1. The maximum absolute atomic E-state index is 16.0. The van der Waals surface area contributed by atoms with Gasteiger partial charge in [-0.15, -0.1) is 11.3 Å². The van der Waals surface area contributed by atoms with Gasteiger partial charge in [0.1, 0.15) is 29.5 Å². The number of hydrogen-bond donors (Lipinski definition) is 5. The van der Waals surface area contributed by atoms with Crippen LogP contribution in [0.4, 0.5) is 24.5 Å². The monoisotopic (exact) mass is 1130 g/mol. The molecule has 11 rings (SSSR count). The van der Waals surface area contributed by atoms with Crippen molar-refractivity contribution in [3.8, 4) is 44.0 Å². The van der Waals surface area contributed by atoms with Crippen molar-refractivity contribution in [3.05, 3.63) is 114 Å². The molecule has 422 valence electrons. The number of benzene rings is 3. The van der Waals surface area contributed by atoms with Crippen LogP contribution >= 0.6 is 11.3 Å². The van der Waals surface area contributed by atoms with Gasteiger partial charge in [-0.2, -0.15) is 12.7 Å². The summed E-state index contributed by atoms with van der Waals surface area (Å²) in [7, 11) is -4.27. The van der Waals surface area contributed by atoms with E-state index in [2.05, 4.69) is 73.9 Å². The third-order valence-corrected chi connectivity index (χ3v) is 18.7. The smallest absolute Gasteiger partial charge is 0.301 e. The molecule has 4 aliphatic heterocycles. The first kappa shape index (κ1) is 55.2. The van der Waals surface area contributed by atoms with E-state index in [0.29, 0.717) is 29.2 Å². The second-order valence-corrected chi connectivity index (χ2v) is 25.3. The highest BCUT2D eigenvalue weighted by molar-refractivity contribution is 7.90. The van der Waals surface area contributed by atoms with E-state index in [1.54, 1.807) is 34.7 Å². The Balaban J connectivity index is 0.649. The summed E-state index contributed by atoms with van der Waals surface area (Å²) in [5.74, 6) is -1.30. The number of carbonyl (C=O) groups excluding carboxylic acids is 2. The van der Waals surface area contributed by atoms with Crippen LogP contribution in [-0.4, -0.2) is 160 Å². The van der Waals surface area contributed by atoms with Crippen molar-refractivity contribution in [2.24, 2.45) is 11.3 Å².